The van der Waals surface area contributed by atoms with Gasteiger partial charge in [-0.2, -0.15) is 0 Å². The van der Waals surface area contributed by atoms with Gasteiger partial charge in [-0.15, -0.1) is 0 Å². The van der Waals surface area contributed by atoms with Gasteiger partial charge >= 0.3 is 7.69 Å². The van der Waals surface area contributed by atoms with Crippen LogP contribution in [0.5, 0.6) is 23.0 Å². The summed E-state index contributed by atoms with van der Waals surface area (Å²) < 4.78 is 31.3. The largest absolute Gasteiger partial charge is 0.576 e. The van der Waals surface area contributed by atoms with Gasteiger partial charge in [0.05, 0.1) is 0 Å². The van der Waals surface area contributed by atoms with Crippen LogP contribution in [0, 0.1) is 0 Å². The monoisotopic (exact) mass is 318 g/mol. The van der Waals surface area contributed by atoms with E-state index in [1.807, 2.05) is 0 Å². The molecule has 0 aliphatic rings. The predicted octanol–water partition coefficient (Wildman–Crippen LogP) is 2.38. The summed E-state index contributed by atoms with van der Waals surface area (Å²) in [6.07, 6.45) is 0. The molecule has 0 amide bonds. The average Bonchev–Trinajstić information content (AvgIpc) is 2.60. The average molecular weight is 318 g/mol. The Labute approximate surface area is 136 Å². The fourth-order valence-electron chi connectivity index (χ4n) is 1.68. The first kappa shape index (κ1) is 17.0. The molecule has 0 unspecified atom stereocenters. The highest BCUT2D eigenvalue weighted by Crippen LogP contribution is 2.19. The Morgan fingerprint density at radius 1 is 0.609 bits per heavy atom. The van der Waals surface area contributed by atoms with E-state index in [0.717, 1.165) is 0 Å². The van der Waals surface area contributed by atoms with Crippen molar-refractivity contribution < 1.29 is 28.3 Å². The van der Waals surface area contributed by atoms with Crippen LogP contribution in [0.3, 0.4) is 0 Å². The third-order valence-corrected chi connectivity index (χ3v) is 2.79. The number of benzene rings is 2. The van der Waals surface area contributed by atoms with E-state index in [1.165, 1.54) is 0 Å². The zero-order chi connectivity index (χ0) is 16.3. The zero-order valence-corrected chi connectivity index (χ0v) is 13.2. The van der Waals surface area contributed by atoms with Crippen molar-refractivity contribution in [3.8, 4) is 23.0 Å². The van der Waals surface area contributed by atoms with Crippen LogP contribution in [0.2, 0.25) is 0 Å². The molecule has 2 aromatic rings. The second-order valence-corrected chi connectivity index (χ2v) is 4.45. The lowest BCUT2D eigenvalue weighted by Gasteiger charge is -2.09. The van der Waals surface area contributed by atoms with Gasteiger partial charge in [0.25, 0.3) is 0 Å². The van der Waals surface area contributed by atoms with Crippen LogP contribution in [0.4, 0.5) is 0 Å². The summed E-state index contributed by atoms with van der Waals surface area (Å²) in [6, 6.07) is 14.4. The highest BCUT2D eigenvalue weighted by molar-refractivity contribution is 6.20. The molecule has 122 valence electrons. The Bertz CT molecular complexity index is 506. The van der Waals surface area contributed by atoms with Crippen LogP contribution in [-0.2, 0) is 9.47 Å². The quantitative estimate of drug-likeness (QED) is 0.495. The van der Waals surface area contributed by atoms with Crippen molar-refractivity contribution >= 4 is 7.69 Å². The van der Waals surface area contributed by atoms with Crippen LogP contribution in [0.25, 0.3) is 0 Å². The third kappa shape index (κ3) is 6.10. The number of hydrogen-bond acceptors (Lipinski definition) is 6. The Balaban J connectivity index is 1.73. The van der Waals surface area contributed by atoms with Crippen molar-refractivity contribution in [1.82, 2.24) is 0 Å². The second kappa shape index (κ2) is 9.60. The van der Waals surface area contributed by atoms with Crippen LogP contribution in [0.15, 0.2) is 48.5 Å². The summed E-state index contributed by atoms with van der Waals surface area (Å²) in [5.74, 6) is 2.81. The molecule has 0 saturated heterocycles. The van der Waals surface area contributed by atoms with Crippen LogP contribution in [0.1, 0.15) is 0 Å². The molecule has 0 fully saturated rings. The van der Waals surface area contributed by atoms with E-state index in [0.29, 0.717) is 23.0 Å². The number of ether oxygens (including phenoxy) is 4. The van der Waals surface area contributed by atoms with Crippen molar-refractivity contribution in [3.05, 3.63) is 48.5 Å². The minimum atomic E-state index is 0.108. The van der Waals surface area contributed by atoms with Crippen molar-refractivity contribution in [3.63, 3.8) is 0 Å². The molecule has 0 spiro atoms. The van der Waals surface area contributed by atoms with Crippen LogP contribution in [-0.4, -0.2) is 35.5 Å². The van der Waals surface area contributed by atoms with Crippen molar-refractivity contribution in [2.24, 2.45) is 0 Å². The van der Waals surface area contributed by atoms with Gasteiger partial charge in [-0.25, -0.2) is 0 Å². The molecule has 0 N–H and O–H groups in total. The Morgan fingerprint density at radius 2 is 0.957 bits per heavy atom. The first-order chi connectivity index (χ1) is 11.3. The molecule has 0 saturated carbocycles. The molecule has 0 aliphatic heterocycles. The van der Waals surface area contributed by atoms with Gasteiger partial charge in [0, 0.05) is 14.2 Å². The van der Waals surface area contributed by atoms with Crippen molar-refractivity contribution in [2.45, 2.75) is 0 Å². The number of hydrogen-bond donors (Lipinski definition) is 0. The first-order valence-corrected chi connectivity index (χ1v) is 7.01. The maximum Gasteiger partial charge on any atom is 0.576 e. The molecular weight excluding hydrogens is 299 g/mol. The number of methoxy groups -OCH3 is 2. The summed E-state index contributed by atoms with van der Waals surface area (Å²) >= 11 is 0. The summed E-state index contributed by atoms with van der Waals surface area (Å²) in [4.78, 5) is 0. The lowest BCUT2D eigenvalue weighted by Crippen LogP contribution is -2.10. The summed E-state index contributed by atoms with van der Waals surface area (Å²) in [7, 11) is 3.26. The Hall–Kier alpha value is -2.38. The zero-order valence-electron chi connectivity index (χ0n) is 13.2. The molecule has 2 rings (SSSR count). The molecular formula is C16H19BO6. The Kier molecular flexibility index (Phi) is 7.09. The summed E-state index contributed by atoms with van der Waals surface area (Å²) in [5.41, 5.74) is 0. The molecule has 0 radical (unpaired) electrons. The van der Waals surface area contributed by atoms with E-state index < -0.39 is 0 Å². The highest BCUT2D eigenvalue weighted by Gasteiger charge is 2.01. The fraction of sp³-hybridized carbons (Fsp3) is 0.250. The normalized spacial score (nSPS) is 10.0. The van der Waals surface area contributed by atoms with Gasteiger partial charge in [-0.1, -0.05) is 0 Å². The third-order valence-electron chi connectivity index (χ3n) is 2.79. The highest BCUT2D eigenvalue weighted by atomic mass is 16.7. The molecule has 0 heterocycles. The minimum Gasteiger partial charge on any atom is -0.529 e. The molecule has 23 heavy (non-hydrogen) atoms. The molecule has 0 aromatic heterocycles. The summed E-state index contributed by atoms with van der Waals surface area (Å²) in [5, 5.41) is 0. The van der Waals surface area contributed by atoms with Crippen LogP contribution < -0.4 is 18.8 Å². The van der Waals surface area contributed by atoms with Gasteiger partial charge < -0.3 is 28.3 Å². The maximum atomic E-state index is 5.50. The van der Waals surface area contributed by atoms with E-state index in [4.69, 9.17) is 28.3 Å². The van der Waals surface area contributed by atoms with E-state index in [1.54, 1.807) is 62.8 Å². The topological polar surface area (TPSA) is 55.4 Å². The molecule has 6 nitrogen and oxygen atoms in total. The second-order valence-electron chi connectivity index (χ2n) is 4.45. The van der Waals surface area contributed by atoms with Crippen molar-refractivity contribution in [1.29, 1.82) is 0 Å². The van der Waals surface area contributed by atoms with E-state index in [9.17, 15) is 0 Å². The fourth-order valence-corrected chi connectivity index (χ4v) is 1.68. The maximum absolute atomic E-state index is 5.50. The standard InChI is InChI=1S/C16H19BO6/c1-18-11-20-13-3-7-15(8-4-13)22-17-23-16-9-5-14(6-10-16)21-12-19-2/h3-10,17H,11-12H2,1-2H3. The van der Waals surface area contributed by atoms with Gasteiger partial charge in [-0.05, 0) is 48.5 Å². The smallest absolute Gasteiger partial charge is 0.529 e. The van der Waals surface area contributed by atoms with Crippen molar-refractivity contribution in [2.75, 3.05) is 27.8 Å². The molecule has 0 atom stereocenters. The van der Waals surface area contributed by atoms with Gasteiger partial charge in [0.1, 0.15) is 23.0 Å². The summed E-state index contributed by atoms with van der Waals surface area (Å²) in [6.45, 7) is 0.431. The molecule has 7 heteroatoms. The van der Waals surface area contributed by atoms with E-state index in [2.05, 4.69) is 0 Å². The van der Waals surface area contributed by atoms with Gasteiger partial charge in [0.15, 0.2) is 13.6 Å². The van der Waals surface area contributed by atoms with Gasteiger partial charge in [-0.3, -0.25) is 0 Å². The Morgan fingerprint density at radius 3 is 1.30 bits per heavy atom. The van der Waals surface area contributed by atoms with Gasteiger partial charge in [0.2, 0.25) is 0 Å². The number of rotatable bonds is 10. The minimum absolute atomic E-state index is 0.108. The lowest BCUT2D eigenvalue weighted by molar-refractivity contribution is 0.0509. The lowest BCUT2D eigenvalue weighted by atomic mass is 10.3. The SMILES string of the molecule is COCOc1ccc(OBOc2ccc(OCOC)cc2)cc1. The van der Waals surface area contributed by atoms with E-state index in [-0.39, 0.29) is 21.3 Å². The predicted molar refractivity (Wildman–Crippen MR) is 86.3 cm³/mol. The molecule has 0 aliphatic carbocycles. The molecule has 0 bridgehead atoms. The first-order valence-electron chi connectivity index (χ1n) is 7.01. The van der Waals surface area contributed by atoms with Crippen LogP contribution >= 0.6 is 0 Å². The van der Waals surface area contributed by atoms with E-state index >= 15 is 0 Å². The molecule has 2 aromatic carbocycles.